The van der Waals surface area contributed by atoms with Gasteiger partial charge in [-0.2, -0.15) is 0 Å². The Morgan fingerprint density at radius 2 is 2.04 bits per heavy atom. The van der Waals surface area contributed by atoms with Crippen molar-refractivity contribution in [1.82, 2.24) is 10.2 Å². The van der Waals surface area contributed by atoms with E-state index in [9.17, 15) is 18.0 Å². The van der Waals surface area contributed by atoms with Crippen LogP contribution in [0, 0.1) is 0 Å². The second-order valence-corrected chi connectivity index (χ2v) is 5.66. The predicted molar refractivity (Wildman–Crippen MR) is 80.1 cm³/mol. The molecule has 128 valence electrons. The summed E-state index contributed by atoms with van der Waals surface area (Å²) in [5.74, 6) is -0.166. The van der Waals surface area contributed by atoms with Gasteiger partial charge in [0.15, 0.2) is 0 Å². The lowest BCUT2D eigenvalue weighted by Gasteiger charge is -2.32. The van der Waals surface area contributed by atoms with Crippen LogP contribution in [0.3, 0.4) is 0 Å². The van der Waals surface area contributed by atoms with Crippen LogP contribution >= 0.6 is 0 Å². The Labute approximate surface area is 133 Å². The number of nitrogens with zero attached hydrogens (tertiary/aromatic N) is 1. The molecule has 0 bridgehead atoms. The van der Waals surface area contributed by atoms with Crippen molar-refractivity contribution in [2.75, 3.05) is 20.1 Å². The molecule has 1 atom stereocenters. The Hall–Kier alpha value is -1.76. The van der Waals surface area contributed by atoms with E-state index in [1.807, 2.05) is 11.9 Å². The number of alkyl halides is 3. The first-order chi connectivity index (χ1) is 10.9. The van der Waals surface area contributed by atoms with Gasteiger partial charge in [0.2, 0.25) is 5.91 Å². The highest BCUT2D eigenvalue weighted by molar-refractivity contribution is 5.76. The summed E-state index contributed by atoms with van der Waals surface area (Å²) in [4.78, 5) is 14.1. The summed E-state index contributed by atoms with van der Waals surface area (Å²) in [5.41, 5.74) is 0.815. The lowest BCUT2D eigenvalue weighted by atomic mass is 10.0. The number of hydrogen-bond acceptors (Lipinski definition) is 3. The monoisotopic (exact) mass is 330 g/mol. The first kappa shape index (κ1) is 17.6. The summed E-state index contributed by atoms with van der Waals surface area (Å²) in [6.45, 7) is 1.49. The number of halogens is 3. The number of ether oxygens (including phenoxy) is 1. The van der Waals surface area contributed by atoms with Gasteiger partial charge in [-0.05, 0) is 44.0 Å². The molecule has 7 heteroatoms. The molecule has 0 saturated carbocycles. The largest absolute Gasteiger partial charge is 0.573 e. The minimum absolute atomic E-state index is 0.0839. The van der Waals surface area contributed by atoms with E-state index in [0.717, 1.165) is 24.9 Å². The van der Waals surface area contributed by atoms with Crippen molar-refractivity contribution in [2.24, 2.45) is 0 Å². The minimum atomic E-state index is -4.68. The molecule has 1 saturated heterocycles. The van der Waals surface area contributed by atoms with Crippen LogP contribution in [-0.2, 0) is 11.2 Å². The molecule has 1 aliphatic rings. The van der Waals surface area contributed by atoms with Crippen molar-refractivity contribution < 1.29 is 22.7 Å². The van der Waals surface area contributed by atoms with E-state index >= 15 is 0 Å². The number of amides is 1. The van der Waals surface area contributed by atoms with Gasteiger partial charge < -0.3 is 15.0 Å². The number of carbonyl (C=O) groups is 1. The maximum Gasteiger partial charge on any atom is 0.573 e. The zero-order valence-electron chi connectivity index (χ0n) is 13.0. The number of likely N-dealkylation sites (tertiary alicyclic amines) is 1. The fourth-order valence-electron chi connectivity index (χ4n) is 2.71. The summed E-state index contributed by atoms with van der Waals surface area (Å²) in [6, 6.07) is 5.99. The Bertz CT molecular complexity index is 517. The van der Waals surface area contributed by atoms with Gasteiger partial charge in [0, 0.05) is 25.6 Å². The molecule has 0 aromatic heterocycles. The fraction of sp³-hybridized carbons (Fsp3) is 0.562. The second-order valence-electron chi connectivity index (χ2n) is 5.66. The quantitative estimate of drug-likeness (QED) is 0.903. The summed E-state index contributed by atoms with van der Waals surface area (Å²) in [5, 5.41) is 3.19. The smallest absolute Gasteiger partial charge is 0.406 e. The van der Waals surface area contributed by atoms with Crippen molar-refractivity contribution in [3.05, 3.63) is 29.8 Å². The summed E-state index contributed by atoms with van der Waals surface area (Å²) in [6.07, 6.45) is -1.76. The van der Waals surface area contributed by atoms with Crippen LogP contribution < -0.4 is 10.1 Å². The molecular formula is C16H21F3N2O2. The lowest BCUT2D eigenvalue weighted by Crippen LogP contribution is -2.47. The number of likely N-dealkylation sites (N-methyl/N-ethyl adjacent to an activating group) is 1. The molecule has 4 nitrogen and oxygen atoms in total. The molecule has 1 N–H and O–H groups in total. The highest BCUT2D eigenvalue weighted by Crippen LogP contribution is 2.23. The normalized spacial score (nSPS) is 18.8. The van der Waals surface area contributed by atoms with Crippen LogP contribution in [0.5, 0.6) is 5.75 Å². The van der Waals surface area contributed by atoms with Crippen molar-refractivity contribution in [3.8, 4) is 5.75 Å². The molecule has 1 amide bonds. The fourth-order valence-corrected chi connectivity index (χ4v) is 2.71. The Morgan fingerprint density at radius 1 is 1.35 bits per heavy atom. The number of carbonyl (C=O) groups excluding carboxylic acids is 1. The Kier molecular flexibility index (Phi) is 5.87. The van der Waals surface area contributed by atoms with Crippen LogP contribution in [0.4, 0.5) is 13.2 Å². The lowest BCUT2D eigenvalue weighted by molar-refractivity contribution is -0.274. The summed E-state index contributed by atoms with van der Waals surface area (Å²) in [7, 11) is 1.89. The van der Waals surface area contributed by atoms with Crippen LogP contribution in [0.15, 0.2) is 24.3 Å². The van der Waals surface area contributed by atoms with E-state index in [4.69, 9.17) is 0 Å². The molecule has 1 unspecified atom stereocenters. The van der Waals surface area contributed by atoms with Crippen LogP contribution in [0.2, 0.25) is 0 Å². The van der Waals surface area contributed by atoms with Gasteiger partial charge in [-0.1, -0.05) is 12.1 Å². The second kappa shape index (κ2) is 7.68. The Balaban J connectivity index is 1.82. The van der Waals surface area contributed by atoms with E-state index in [2.05, 4.69) is 10.1 Å². The molecule has 0 spiro atoms. The number of nitrogens with one attached hydrogen (secondary N) is 1. The molecule has 0 aliphatic carbocycles. The first-order valence-electron chi connectivity index (χ1n) is 7.67. The zero-order chi connectivity index (χ0) is 16.9. The van der Waals surface area contributed by atoms with Crippen molar-refractivity contribution in [2.45, 2.75) is 38.1 Å². The number of piperidine rings is 1. The third-order valence-corrected chi connectivity index (χ3v) is 3.97. The number of hydrogen-bond donors (Lipinski definition) is 1. The number of benzene rings is 1. The van der Waals surface area contributed by atoms with Crippen molar-refractivity contribution >= 4 is 5.91 Å². The maximum absolute atomic E-state index is 12.2. The molecule has 1 fully saturated rings. The summed E-state index contributed by atoms with van der Waals surface area (Å²) >= 11 is 0. The number of aryl methyl sites for hydroxylation is 1. The zero-order valence-corrected chi connectivity index (χ0v) is 13.0. The van der Waals surface area contributed by atoms with E-state index < -0.39 is 6.36 Å². The van der Waals surface area contributed by atoms with Gasteiger partial charge in [0.1, 0.15) is 5.75 Å². The SMILES string of the molecule is CNC1CCCN(C(=O)CCc2ccc(OC(F)(F)F)cc2)C1. The summed E-state index contributed by atoms with van der Waals surface area (Å²) < 4.78 is 40.1. The van der Waals surface area contributed by atoms with Crippen molar-refractivity contribution in [1.29, 1.82) is 0 Å². The van der Waals surface area contributed by atoms with Crippen LogP contribution in [0.25, 0.3) is 0 Å². The molecule has 0 radical (unpaired) electrons. The van der Waals surface area contributed by atoms with E-state index in [1.165, 1.54) is 12.1 Å². The third-order valence-electron chi connectivity index (χ3n) is 3.97. The Morgan fingerprint density at radius 3 is 2.65 bits per heavy atom. The van der Waals surface area contributed by atoms with E-state index in [-0.39, 0.29) is 11.7 Å². The van der Waals surface area contributed by atoms with E-state index in [1.54, 1.807) is 12.1 Å². The highest BCUT2D eigenvalue weighted by Gasteiger charge is 2.31. The van der Waals surface area contributed by atoms with Gasteiger partial charge in [-0.15, -0.1) is 13.2 Å². The molecule has 1 heterocycles. The molecule has 23 heavy (non-hydrogen) atoms. The minimum Gasteiger partial charge on any atom is -0.406 e. The maximum atomic E-state index is 12.2. The van der Waals surface area contributed by atoms with Gasteiger partial charge in [-0.25, -0.2) is 0 Å². The average molecular weight is 330 g/mol. The van der Waals surface area contributed by atoms with Crippen molar-refractivity contribution in [3.63, 3.8) is 0 Å². The predicted octanol–water partition coefficient (Wildman–Crippen LogP) is 2.73. The topological polar surface area (TPSA) is 41.6 Å². The van der Waals surface area contributed by atoms with Gasteiger partial charge >= 0.3 is 6.36 Å². The highest BCUT2D eigenvalue weighted by atomic mass is 19.4. The van der Waals surface area contributed by atoms with Gasteiger partial charge in [-0.3, -0.25) is 4.79 Å². The standard InChI is InChI=1S/C16H21F3N2O2/c1-20-13-3-2-10-21(11-13)15(22)9-6-12-4-7-14(8-5-12)23-16(17,18)19/h4-5,7-8,13,20H,2-3,6,9-11H2,1H3. The van der Waals surface area contributed by atoms with E-state index in [0.29, 0.717) is 25.4 Å². The molecule has 2 rings (SSSR count). The first-order valence-corrected chi connectivity index (χ1v) is 7.67. The molecule has 1 aromatic carbocycles. The average Bonchev–Trinajstić information content (AvgIpc) is 2.52. The van der Waals surface area contributed by atoms with Crippen LogP contribution in [-0.4, -0.2) is 43.3 Å². The third kappa shape index (κ3) is 5.74. The number of rotatable bonds is 5. The molecule has 1 aromatic rings. The van der Waals surface area contributed by atoms with Crippen LogP contribution in [0.1, 0.15) is 24.8 Å². The molecular weight excluding hydrogens is 309 g/mol. The van der Waals surface area contributed by atoms with Gasteiger partial charge in [0.05, 0.1) is 0 Å². The van der Waals surface area contributed by atoms with Gasteiger partial charge in [0.25, 0.3) is 0 Å². The molecule has 1 aliphatic heterocycles.